The number of rotatable bonds is 17. The highest BCUT2D eigenvalue weighted by molar-refractivity contribution is 6.13. The van der Waals surface area contributed by atoms with Gasteiger partial charge in [0, 0.05) is 18.7 Å². The summed E-state index contributed by atoms with van der Waals surface area (Å²) in [6.07, 6.45) is -21.0. The molecule has 0 aromatic rings. The van der Waals surface area contributed by atoms with Crippen LogP contribution in [0.3, 0.4) is 0 Å². The molecule has 5 unspecified atom stereocenters. The first-order valence-electron chi connectivity index (χ1n) is 12.7. The minimum Gasteiger partial charge on any atom is -0.400 e. The molecule has 0 fully saturated rings. The molecule has 0 saturated heterocycles. The van der Waals surface area contributed by atoms with E-state index in [1.54, 1.807) is 0 Å². The topological polar surface area (TPSA) is 91.0 Å². The Bertz CT molecular complexity index is 841. The van der Waals surface area contributed by atoms with Gasteiger partial charge in [0.15, 0.2) is 0 Å². The zero-order chi connectivity index (χ0) is 32.9. The van der Waals surface area contributed by atoms with Crippen LogP contribution >= 0.6 is 0 Å². The number of ketones is 1. The molecule has 0 spiro atoms. The quantitative estimate of drug-likeness (QED) is 0.161. The number of nitrogens with two attached hydrogens (primary N) is 1. The average molecular weight is 621 g/mol. The van der Waals surface area contributed by atoms with Crippen LogP contribution in [0.15, 0.2) is 0 Å². The lowest BCUT2D eigenvalue weighted by atomic mass is 9.76. The van der Waals surface area contributed by atoms with Gasteiger partial charge in [0.2, 0.25) is 5.78 Å². The molecule has 2 radical (unpaired) electrons. The Kier molecular flexibility index (Phi) is 13.3. The Labute approximate surface area is 234 Å². The first kappa shape index (κ1) is 39.8. The maximum Gasteiger partial charge on any atom is 0.456 e. The van der Waals surface area contributed by atoms with E-state index in [0.29, 0.717) is 0 Å². The van der Waals surface area contributed by atoms with E-state index in [2.05, 4.69) is 4.74 Å². The van der Waals surface area contributed by atoms with Crippen LogP contribution in [0.2, 0.25) is 0 Å². The second-order valence-corrected chi connectivity index (χ2v) is 10.9. The largest absolute Gasteiger partial charge is 0.456 e. The minimum absolute atomic E-state index is 0.394. The minimum atomic E-state index is -6.13. The Morgan fingerprint density at radius 1 is 0.854 bits per heavy atom. The molecule has 0 bridgehead atoms. The van der Waals surface area contributed by atoms with E-state index in [0.717, 1.165) is 41.5 Å². The van der Waals surface area contributed by atoms with E-state index in [9.17, 15) is 49.4 Å². The van der Waals surface area contributed by atoms with E-state index < -0.39 is 110 Å². The van der Waals surface area contributed by atoms with Crippen molar-refractivity contribution in [3.05, 3.63) is 0 Å². The summed E-state index contributed by atoms with van der Waals surface area (Å²) in [5.74, 6) is -10.4. The average Bonchev–Trinajstić information content (AvgIpc) is 2.77. The van der Waals surface area contributed by atoms with Gasteiger partial charge in [0.1, 0.15) is 13.4 Å². The fourth-order valence-corrected chi connectivity index (χ4v) is 3.92. The molecule has 6 nitrogen and oxygen atoms in total. The van der Waals surface area contributed by atoms with Gasteiger partial charge in [-0.15, -0.1) is 0 Å². The van der Waals surface area contributed by atoms with Gasteiger partial charge < -0.3 is 25.1 Å². The molecule has 0 amide bonds. The Morgan fingerprint density at radius 2 is 1.34 bits per heavy atom. The monoisotopic (exact) mass is 621 g/mol. The van der Waals surface area contributed by atoms with Crippen molar-refractivity contribution in [2.45, 2.75) is 120 Å². The number of Topliss-reactive ketones (excluding diaryl/α,β-unsaturated/α-hetero) is 1. The first-order chi connectivity index (χ1) is 18.0. The van der Waals surface area contributed by atoms with Crippen molar-refractivity contribution in [2.75, 3.05) is 19.8 Å². The van der Waals surface area contributed by atoms with Crippen LogP contribution in [-0.2, 0) is 19.0 Å². The van der Waals surface area contributed by atoms with Gasteiger partial charge >= 0.3 is 24.4 Å². The molecule has 17 heteroatoms. The van der Waals surface area contributed by atoms with Crippen LogP contribution in [0.4, 0.5) is 43.9 Å². The number of aliphatic hydroxyl groups is 1. The van der Waals surface area contributed by atoms with Crippen molar-refractivity contribution in [2.24, 2.45) is 11.7 Å². The highest BCUT2D eigenvalue weighted by Gasteiger charge is 2.69. The van der Waals surface area contributed by atoms with E-state index in [1.165, 1.54) is 0 Å². The predicted molar refractivity (Wildman–Crippen MR) is 129 cm³/mol. The summed E-state index contributed by atoms with van der Waals surface area (Å²) in [6.45, 7) is 2.67. The lowest BCUT2D eigenvalue weighted by molar-refractivity contribution is -0.353. The third-order valence-corrected chi connectivity index (χ3v) is 6.88. The van der Waals surface area contributed by atoms with Gasteiger partial charge in [-0.1, -0.05) is 13.8 Å². The van der Waals surface area contributed by atoms with Crippen molar-refractivity contribution < 1.29 is 68.0 Å². The molecule has 0 heterocycles. The van der Waals surface area contributed by atoms with Crippen LogP contribution in [0.5, 0.6) is 0 Å². The lowest BCUT2D eigenvalue weighted by Gasteiger charge is -2.46. The molecule has 0 aliphatic rings. The molecule has 0 aromatic heterocycles. The van der Waals surface area contributed by atoms with E-state index in [-0.39, 0.29) is 0 Å². The van der Waals surface area contributed by atoms with Crippen LogP contribution in [0, 0.1) is 5.92 Å². The maximum atomic E-state index is 15.8. The molecule has 242 valence electrons. The fraction of sp³-hybridized carbons (Fsp3) is 0.958. The molecule has 5 atom stereocenters. The maximum absolute atomic E-state index is 15.8. The molecule has 0 aliphatic heterocycles. The highest BCUT2D eigenvalue weighted by atomic mass is 19.4. The van der Waals surface area contributed by atoms with Gasteiger partial charge in [-0.25, -0.2) is 0 Å². The lowest BCUT2D eigenvalue weighted by Crippen LogP contribution is -2.64. The third-order valence-electron chi connectivity index (χ3n) is 6.88. The zero-order valence-electron chi connectivity index (χ0n) is 23.7. The number of halogens is 10. The standard InChI is InChI=1S/C24H38BF10NO5/c1-7-18(5,40-12-10-21(26,27)28)15(23(30,31)32)13-20(8-2,14-36)41-22(29,24(33,34)35)16(37)17(3,4)39-11-9-19(6,25)38/h15,38H,7-14,36H2,1-6H3. The van der Waals surface area contributed by atoms with Crippen molar-refractivity contribution >= 4 is 13.6 Å². The number of carbonyl (C=O) groups is 1. The highest BCUT2D eigenvalue weighted by Crippen LogP contribution is 2.49. The van der Waals surface area contributed by atoms with Gasteiger partial charge in [-0.3, -0.25) is 4.79 Å². The summed E-state index contributed by atoms with van der Waals surface area (Å²) in [4.78, 5) is 12.9. The molecule has 0 rings (SSSR count). The van der Waals surface area contributed by atoms with Crippen molar-refractivity contribution in [1.82, 2.24) is 0 Å². The normalized spacial score (nSPS) is 20.4. The zero-order valence-corrected chi connectivity index (χ0v) is 23.7. The Balaban J connectivity index is 6.58. The summed E-state index contributed by atoms with van der Waals surface area (Å²) in [7, 11) is 5.33. The van der Waals surface area contributed by atoms with Crippen molar-refractivity contribution in [3.8, 4) is 0 Å². The van der Waals surface area contributed by atoms with Crippen LogP contribution < -0.4 is 5.73 Å². The summed E-state index contributed by atoms with van der Waals surface area (Å²) in [6, 6.07) is 0. The van der Waals surface area contributed by atoms with Gasteiger partial charge in [-0.2, -0.15) is 43.9 Å². The number of alkyl halides is 10. The molecular formula is C24H38BF10NO5. The van der Waals surface area contributed by atoms with Gasteiger partial charge in [0.05, 0.1) is 30.1 Å². The third kappa shape index (κ3) is 11.5. The smallest absolute Gasteiger partial charge is 0.400 e. The first-order valence-corrected chi connectivity index (χ1v) is 12.7. The van der Waals surface area contributed by atoms with Gasteiger partial charge in [-0.05, 0) is 53.4 Å². The van der Waals surface area contributed by atoms with E-state index in [4.69, 9.17) is 23.1 Å². The molecule has 3 N–H and O–H groups in total. The van der Waals surface area contributed by atoms with E-state index >= 15 is 4.39 Å². The van der Waals surface area contributed by atoms with Crippen LogP contribution in [-0.4, -0.2) is 85.2 Å². The number of carbonyl (C=O) groups excluding carboxylic acids is 1. The van der Waals surface area contributed by atoms with E-state index in [1.807, 2.05) is 0 Å². The van der Waals surface area contributed by atoms with Crippen LogP contribution in [0.1, 0.15) is 73.6 Å². The summed E-state index contributed by atoms with van der Waals surface area (Å²) < 4.78 is 154. The molecule has 0 aromatic carbocycles. The second-order valence-electron chi connectivity index (χ2n) is 10.9. The second kappa shape index (κ2) is 13.6. The van der Waals surface area contributed by atoms with Crippen molar-refractivity contribution in [1.29, 1.82) is 0 Å². The fourth-order valence-electron chi connectivity index (χ4n) is 3.92. The molecule has 0 saturated carbocycles. The predicted octanol–water partition coefficient (Wildman–Crippen LogP) is 5.68. The molecule has 0 aliphatic carbocycles. The number of hydrogen-bond acceptors (Lipinski definition) is 6. The Hall–Kier alpha value is -1.17. The Morgan fingerprint density at radius 3 is 1.68 bits per heavy atom. The van der Waals surface area contributed by atoms with Crippen molar-refractivity contribution in [3.63, 3.8) is 0 Å². The SMILES string of the molecule is [B]C(C)(O)CCOC(C)(C)C(=O)C(F)(OC(CC)(CN)CC(C(F)(F)F)C(C)(CC)OCCC(F)(F)F)C(F)(F)F. The number of ether oxygens (including phenoxy) is 3. The molecule has 41 heavy (non-hydrogen) atoms. The summed E-state index contributed by atoms with van der Waals surface area (Å²) in [5.41, 5.74) is -4.14. The summed E-state index contributed by atoms with van der Waals surface area (Å²) >= 11 is 0. The van der Waals surface area contributed by atoms with Crippen LogP contribution in [0.25, 0.3) is 0 Å². The number of hydrogen-bond donors (Lipinski definition) is 2. The molecular weight excluding hydrogens is 583 g/mol. The van der Waals surface area contributed by atoms with Gasteiger partial charge in [0.25, 0.3) is 0 Å². The summed E-state index contributed by atoms with van der Waals surface area (Å²) in [5, 5.41) is 9.55.